The van der Waals surface area contributed by atoms with Crippen molar-refractivity contribution in [2.24, 2.45) is 0 Å². The molecule has 0 saturated carbocycles. The van der Waals surface area contributed by atoms with E-state index in [4.69, 9.17) is 11.6 Å². The van der Waals surface area contributed by atoms with Crippen LogP contribution in [0.25, 0.3) is 0 Å². The molecule has 0 radical (unpaired) electrons. The first-order valence-corrected chi connectivity index (χ1v) is 10.6. The molecule has 1 aliphatic rings. The first-order valence-electron chi connectivity index (χ1n) is 10.2. The third kappa shape index (κ3) is 4.99. The van der Waals surface area contributed by atoms with E-state index >= 15 is 0 Å². The molecule has 3 aromatic rings. The number of carbonyl (C=O) groups excluding carboxylic acids is 1. The fraction of sp³-hybridized carbons (Fsp3) is 0.304. The first-order chi connectivity index (χ1) is 14.9. The van der Waals surface area contributed by atoms with Gasteiger partial charge in [-0.05, 0) is 62.6 Å². The third-order valence-corrected chi connectivity index (χ3v) is 5.55. The Hall–Kier alpha value is -3.06. The molecule has 0 aliphatic carbocycles. The molecule has 1 N–H and O–H groups in total. The number of nitrogens with zero attached hydrogens (tertiary/aromatic N) is 4. The smallest absolute Gasteiger partial charge is 0.256 e. The zero-order chi connectivity index (χ0) is 22.0. The number of rotatable bonds is 4. The Morgan fingerprint density at radius 1 is 1.16 bits per heavy atom. The fourth-order valence-corrected chi connectivity index (χ4v) is 4.01. The largest absolute Gasteiger partial charge is 0.338 e. The summed E-state index contributed by atoms with van der Waals surface area (Å²) in [6.07, 6.45) is 3.44. The SMILES string of the molecule is Cc1ccnc(Nc2cc(C3CCCN(C(=O)c4cc(Cl)ccc4F)C3)nc(C)n2)c1. The molecule has 6 nitrogen and oxygen atoms in total. The number of benzene rings is 1. The van der Waals surface area contributed by atoms with Gasteiger partial charge in [-0.15, -0.1) is 0 Å². The third-order valence-electron chi connectivity index (χ3n) is 5.32. The van der Waals surface area contributed by atoms with Crippen molar-refractivity contribution >= 4 is 29.1 Å². The number of piperidine rings is 1. The Bertz CT molecular complexity index is 1120. The van der Waals surface area contributed by atoms with Crippen LogP contribution in [0, 0.1) is 19.7 Å². The van der Waals surface area contributed by atoms with Crippen molar-refractivity contribution in [1.82, 2.24) is 19.9 Å². The Labute approximate surface area is 185 Å². The van der Waals surface area contributed by atoms with Crippen molar-refractivity contribution < 1.29 is 9.18 Å². The fourth-order valence-electron chi connectivity index (χ4n) is 3.83. The molecule has 1 atom stereocenters. The van der Waals surface area contributed by atoms with Crippen molar-refractivity contribution in [3.63, 3.8) is 0 Å². The summed E-state index contributed by atoms with van der Waals surface area (Å²) in [6.45, 7) is 4.87. The van der Waals surface area contributed by atoms with E-state index < -0.39 is 5.82 Å². The number of nitrogens with one attached hydrogen (secondary N) is 1. The molecule has 1 aliphatic heterocycles. The maximum atomic E-state index is 14.2. The van der Waals surface area contributed by atoms with Crippen molar-refractivity contribution in [2.75, 3.05) is 18.4 Å². The number of aryl methyl sites for hydroxylation is 2. The Balaban J connectivity index is 1.54. The van der Waals surface area contributed by atoms with E-state index in [-0.39, 0.29) is 17.4 Å². The molecule has 160 valence electrons. The summed E-state index contributed by atoms with van der Waals surface area (Å²) in [7, 11) is 0. The van der Waals surface area contributed by atoms with Crippen LogP contribution in [0.1, 0.15) is 46.2 Å². The molecular weight excluding hydrogens is 417 g/mol. The predicted octanol–water partition coefficient (Wildman–Crippen LogP) is 5.04. The number of pyridine rings is 1. The van der Waals surface area contributed by atoms with E-state index in [1.807, 2.05) is 32.0 Å². The molecule has 31 heavy (non-hydrogen) atoms. The molecule has 2 aromatic heterocycles. The molecule has 1 saturated heterocycles. The maximum absolute atomic E-state index is 14.2. The Morgan fingerprint density at radius 2 is 2.00 bits per heavy atom. The monoisotopic (exact) mass is 439 g/mol. The number of likely N-dealkylation sites (tertiary alicyclic amines) is 1. The summed E-state index contributed by atoms with van der Waals surface area (Å²) in [4.78, 5) is 28.0. The van der Waals surface area contributed by atoms with E-state index in [0.717, 1.165) is 24.1 Å². The maximum Gasteiger partial charge on any atom is 0.256 e. The number of anilines is 2. The van der Waals surface area contributed by atoms with Crippen LogP contribution >= 0.6 is 11.6 Å². The van der Waals surface area contributed by atoms with Crippen LogP contribution in [0.3, 0.4) is 0 Å². The highest BCUT2D eigenvalue weighted by Crippen LogP contribution is 2.29. The van der Waals surface area contributed by atoms with E-state index in [0.29, 0.717) is 35.6 Å². The second-order valence-electron chi connectivity index (χ2n) is 7.78. The van der Waals surface area contributed by atoms with Crippen LogP contribution in [0.5, 0.6) is 0 Å². The van der Waals surface area contributed by atoms with Gasteiger partial charge in [0.05, 0.1) is 11.3 Å². The number of amides is 1. The summed E-state index contributed by atoms with van der Waals surface area (Å²) in [6, 6.07) is 9.82. The molecule has 1 unspecified atom stereocenters. The molecule has 1 aromatic carbocycles. The van der Waals surface area contributed by atoms with Gasteiger partial charge in [-0.3, -0.25) is 4.79 Å². The van der Waals surface area contributed by atoms with Crippen LogP contribution in [0.2, 0.25) is 5.02 Å². The molecule has 4 rings (SSSR count). The summed E-state index contributed by atoms with van der Waals surface area (Å²) < 4.78 is 14.2. The number of aromatic nitrogens is 3. The number of hydrogen-bond donors (Lipinski definition) is 1. The van der Waals surface area contributed by atoms with Crippen LogP contribution in [0.4, 0.5) is 16.0 Å². The van der Waals surface area contributed by atoms with Crippen molar-refractivity contribution in [2.45, 2.75) is 32.6 Å². The molecule has 0 spiro atoms. The lowest BCUT2D eigenvalue weighted by molar-refractivity contribution is 0.0701. The Kier molecular flexibility index (Phi) is 6.13. The molecule has 0 bridgehead atoms. The van der Waals surface area contributed by atoms with Crippen molar-refractivity contribution in [3.05, 3.63) is 76.1 Å². The van der Waals surface area contributed by atoms with Gasteiger partial charge in [0.2, 0.25) is 0 Å². The second kappa shape index (κ2) is 8.98. The summed E-state index contributed by atoms with van der Waals surface area (Å²) in [5.41, 5.74) is 1.95. The van der Waals surface area contributed by atoms with E-state index in [1.54, 1.807) is 11.1 Å². The van der Waals surface area contributed by atoms with Crippen molar-refractivity contribution in [1.29, 1.82) is 0 Å². The van der Waals surface area contributed by atoms with Gasteiger partial charge in [0.15, 0.2) is 0 Å². The minimum Gasteiger partial charge on any atom is -0.338 e. The molecular formula is C23H23ClFN5O. The summed E-state index contributed by atoms with van der Waals surface area (Å²) in [5.74, 6) is 1.12. The minimum absolute atomic E-state index is 0.0000967. The number of hydrogen-bond acceptors (Lipinski definition) is 5. The quantitative estimate of drug-likeness (QED) is 0.616. The van der Waals surface area contributed by atoms with Gasteiger partial charge in [0.1, 0.15) is 23.3 Å². The minimum atomic E-state index is -0.563. The van der Waals surface area contributed by atoms with Gasteiger partial charge in [-0.25, -0.2) is 19.3 Å². The topological polar surface area (TPSA) is 71.0 Å². The molecule has 1 fully saturated rings. The molecule has 1 amide bonds. The summed E-state index contributed by atoms with van der Waals surface area (Å²) in [5, 5.41) is 3.57. The van der Waals surface area contributed by atoms with Crippen LogP contribution in [-0.2, 0) is 0 Å². The lowest BCUT2D eigenvalue weighted by Gasteiger charge is -2.33. The Morgan fingerprint density at radius 3 is 2.81 bits per heavy atom. The van der Waals surface area contributed by atoms with Crippen LogP contribution in [0.15, 0.2) is 42.6 Å². The van der Waals surface area contributed by atoms with Gasteiger partial charge < -0.3 is 10.2 Å². The van der Waals surface area contributed by atoms with Crippen LogP contribution in [-0.4, -0.2) is 38.8 Å². The van der Waals surface area contributed by atoms with Gasteiger partial charge >= 0.3 is 0 Å². The van der Waals surface area contributed by atoms with E-state index in [9.17, 15) is 9.18 Å². The zero-order valence-electron chi connectivity index (χ0n) is 17.4. The van der Waals surface area contributed by atoms with E-state index in [2.05, 4.69) is 20.3 Å². The number of carbonyl (C=O) groups is 1. The van der Waals surface area contributed by atoms with Gasteiger partial charge in [0, 0.05) is 36.3 Å². The van der Waals surface area contributed by atoms with Gasteiger partial charge in [-0.1, -0.05) is 11.6 Å². The molecule has 3 heterocycles. The zero-order valence-corrected chi connectivity index (χ0v) is 18.2. The van der Waals surface area contributed by atoms with Gasteiger partial charge in [0.25, 0.3) is 5.91 Å². The summed E-state index contributed by atoms with van der Waals surface area (Å²) >= 11 is 5.97. The van der Waals surface area contributed by atoms with Gasteiger partial charge in [-0.2, -0.15) is 0 Å². The standard InChI is InChI=1S/C23H23ClFN5O/c1-14-7-8-26-21(10-14)29-22-12-20(27-15(2)28-22)16-4-3-9-30(13-16)23(31)18-11-17(24)5-6-19(18)25/h5-8,10-12,16H,3-4,9,13H2,1-2H3,(H,26,27,28,29). The lowest BCUT2D eigenvalue weighted by atomic mass is 9.93. The van der Waals surface area contributed by atoms with E-state index in [1.165, 1.54) is 18.2 Å². The van der Waals surface area contributed by atoms with Crippen LogP contribution < -0.4 is 5.32 Å². The predicted molar refractivity (Wildman–Crippen MR) is 118 cm³/mol. The molecule has 8 heteroatoms. The van der Waals surface area contributed by atoms with Crippen molar-refractivity contribution in [3.8, 4) is 0 Å². The highest BCUT2D eigenvalue weighted by atomic mass is 35.5. The highest BCUT2D eigenvalue weighted by Gasteiger charge is 2.28. The number of halogens is 2. The lowest BCUT2D eigenvalue weighted by Crippen LogP contribution is -2.39. The highest BCUT2D eigenvalue weighted by molar-refractivity contribution is 6.31. The average Bonchev–Trinajstić information content (AvgIpc) is 2.74. The average molecular weight is 440 g/mol. The second-order valence-corrected chi connectivity index (χ2v) is 8.22. The first kappa shape index (κ1) is 21.2. The normalized spacial score (nSPS) is 16.3.